The van der Waals surface area contributed by atoms with Crippen LogP contribution in [0.3, 0.4) is 0 Å². The van der Waals surface area contributed by atoms with Gasteiger partial charge in [-0.25, -0.2) is 9.59 Å². The van der Waals surface area contributed by atoms with Crippen molar-refractivity contribution < 1.29 is 23.8 Å². The van der Waals surface area contributed by atoms with Crippen LogP contribution in [0.25, 0.3) is 0 Å². The van der Waals surface area contributed by atoms with Gasteiger partial charge in [0.25, 0.3) is 0 Å². The molecule has 0 saturated carbocycles. The van der Waals surface area contributed by atoms with Gasteiger partial charge in [0.05, 0.1) is 11.7 Å². The number of esters is 2. The third-order valence-electron chi connectivity index (χ3n) is 3.20. The largest absolute Gasteiger partial charge is 0.482 e. The molecule has 0 saturated heterocycles. The van der Waals surface area contributed by atoms with Crippen molar-refractivity contribution in [2.45, 2.75) is 33.8 Å². The molecule has 0 fully saturated rings. The second kappa shape index (κ2) is 8.33. The molecule has 0 atom stereocenters. The van der Waals surface area contributed by atoms with Crippen LogP contribution in [0, 0.1) is 13.8 Å². The number of carbonyl (C=O) groups excluding carboxylic acids is 2. The Balaban J connectivity index is 1.95. The number of carbonyl (C=O) groups is 2. The molecule has 25 heavy (non-hydrogen) atoms. The van der Waals surface area contributed by atoms with Crippen LogP contribution in [-0.4, -0.2) is 24.6 Å². The summed E-state index contributed by atoms with van der Waals surface area (Å²) in [6.45, 7) is 7.24. The molecular formula is C20H22O5. The molecule has 0 aromatic heterocycles. The van der Waals surface area contributed by atoms with Crippen LogP contribution < -0.4 is 9.47 Å². The van der Waals surface area contributed by atoms with E-state index in [4.69, 9.17) is 14.2 Å². The lowest BCUT2D eigenvalue weighted by atomic mass is 10.1. The van der Waals surface area contributed by atoms with Gasteiger partial charge < -0.3 is 14.2 Å². The van der Waals surface area contributed by atoms with Gasteiger partial charge in [0.15, 0.2) is 6.61 Å². The smallest absolute Gasteiger partial charge is 0.349 e. The molecule has 0 amide bonds. The fourth-order valence-corrected chi connectivity index (χ4v) is 2.29. The minimum Gasteiger partial charge on any atom is -0.482 e. The number of hydrogen-bond acceptors (Lipinski definition) is 5. The zero-order valence-corrected chi connectivity index (χ0v) is 14.9. The Morgan fingerprint density at radius 2 is 1.64 bits per heavy atom. The molecule has 0 heterocycles. The monoisotopic (exact) mass is 342 g/mol. The van der Waals surface area contributed by atoms with Crippen molar-refractivity contribution in [1.29, 1.82) is 0 Å². The molecule has 0 aliphatic rings. The van der Waals surface area contributed by atoms with Crippen molar-refractivity contribution in [2.24, 2.45) is 0 Å². The summed E-state index contributed by atoms with van der Waals surface area (Å²) in [5, 5.41) is 0. The van der Waals surface area contributed by atoms with E-state index in [1.54, 1.807) is 32.0 Å². The first kappa shape index (κ1) is 18.5. The predicted octanol–water partition coefficient (Wildman–Crippen LogP) is 3.85. The highest BCUT2D eigenvalue weighted by molar-refractivity contribution is 5.90. The van der Waals surface area contributed by atoms with Crippen LogP contribution in [0.4, 0.5) is 0 Å². The Kier molecular flexibility index (Phi) is 6.17. The molecule has 0 unspecified atom stereocenters. The summed E-state index contributed by atoms with van der Waals surface area (Å²) in [4.78, 5) is 23.8. The average Bonchev–Trinajstić information content (AvgIpc) is 2.52. The quantitative estimate of drug-likeness (QED) is 0.589. The first-order valence-electron chi connectivity index (χ1n) is 8.06. The third-order valence-corrected chi connectivity index (χ3v) is 3.20. The number of rotatable bonds is 6. The van der Waals surface area contributed by atoms with Crippen LogP contribution in [0.5, 0.6) is 11.5 Å². The van der Waals surface area contributed by atoms with Gasteiger partial charge in [-0.15, -0.1) is 0 Å². The van der Waals surface area contributed by atoms with E-state index < -0.39 is 11.9 Å². The van der Waals surface area contributed by atoms with E-state index in [-0.39, 0.29) is 18.5 Å². The molecule has 0 radical (unpaired) electrons. The molecule has 5 nitrogen and oxygen atoms in total. The zero-order chi connectivity index (χ0) is 18.4. The number of hydrogen-bond donors (Lipinski definition) is 0. The summed E-state index contributed by atoms with van der Waals surface area (Å²) in [7, 11) is 0. The van der Waals surface area contributed by atoms with E-state index in [0.29, 0.717) is 11.3 Å². The molecule has 0 aliphatic heterocycles. The van der Waals surface area contributed by atoms with Gasteiger partial charge in [0.1, 0.15) is 11.5 Å². The van der Waals surface area contributed by atoms with Gasteiger partial charge in [-0.2, -0.15) is 0 Å². The van der Waals surface area contributed by atoms with Gasteiger partial charge in [-0.3, -0.25) is 0 Å². The van der Waals surface area contributed by atoms with E-state index in [2.05, 4.69) is 0 Å². The Bertz CT molecular complexity index is 744. The molecular weight excluding hydrogens is 320 g/mol. The summed E-state index contributed by atoms with van der Waals surface area (Å²) < 4.78 is 15.8. The Morgan fingerprint density at radius 3 is 2.28 bits per heavy atom. The molecule has 2 aromatic rings. The average molecular weight is 342 g/mol. The maximum absolute atomic E-state index is 12.0. The van der Waals surface area contributed by atoms with Gasteiger partial charge in [-0.1, -0.05) is 12.1 Å². The molecule has 2 aromatic carbocycles. The number of aryl methyl sites for hydroxylation is 2. The highest BCUT2D eigenvalue weighted by Crippen LogP contribution is 2.17. The van der Waals surface area contributed by atoms with E-state index >= 15 is 0 Å². The van der Waals surface area contributed by atoms with Gasteiger partial charge in [-0.05, 0) is 69.2 Å². The second-order valence-corrected chi connectivity index (χ2v) is 6.07. The molecule has 0 bridgehead atoms. The summed E-state index contributed by atoms with van der Waals surface area (Å²) in [5.41, 5.74) is 2.44. The number of ether oxygens (including phenoxy) is 3. The molecule has 2 rings (SSSR count). The van der Waals surface area contributed by atoms with Crippen LogP contribution in [0.2, 0.25) is 0 Å². The van der Waals surface area contributed by atoms with Crippen molar-refractivity contribution in [1.82, 2.24) is 0 Å². The first-order chi connectivity index (χ1) is 11.8. The highest BCUT2D eigenvalue weighted by atomic mass is 16.6. The van der Waals surface area contributed by atoms with Crippen molar-refractivity contribution in [3.63, 3.8) is 0 Å². The summed E-state index contributed by atoms with van der Waals surface area (Å²) in [6, 6.07) is 12.0. The van der Waals surface area contributed by atoms with Crippen molar-refractivity contribution in [3.8, 4) is 11.5 Å². The topological polar surface area (TPSA) is 61.8 Å². The normalized spacial score (nSPS) is 10.4. The SMILES string of the molecule is Cc1cc(C)cc(OCC(=O)Oc2cccc(C(=O)OC(C)C)c2)c1. The summed E-state index contributed by atoms with van der Waals surface area (Å²) >= 11 is 0. The van der Waals surface area contributed by atoms with Crippen molar-refractivity contribution in [3.05, 3.63) is 59.2 Å². The van der Waals surface area contributed by atoms with Gasteiger partial charge in [0.2, 0.25) is 0 Å². The van der Waals surface area contributed by atoms with E-state index in [1.807, 2.05) is 32.0 Å². The lowest BCUT2D eigenvalue weighted by Gasteiger charge is -2.10. The summed E-state index contributed by atoms with van der Waals surface area (Å²) in [5.74, 6) is -0.121. The molecule has 5 heteroatoms. The minimum atomic E-state index is -0.548. The van der Waals surface area contributed by atoms with E-state index in [1.165, 1.54) is 6.07 Å². The van der Waals surface area contributed by atoms with Crippen molar-refractivity contribution >= 4 is 11.9 Å². The first-order valence-corrected chi connectivity index (χ1v) is 8.06. The van der Waals surface area contributed by atoms with Gasteiger partial charge >= 0.3 is 11.9 Å². The molecule has 0 aliphatic carbocycles. The van der Waals surface area contributed by atoms with Gasteiger partial charge in [0, 0.05) is 0 Å². The van der Waals surface area contributed by atoms with Crippen LogP contribution in [-0.2, 0) is 9.53 Å². The Morgan fingerprint density at radius 1 is 0.960 bits per heavy atom. The zero-order valence-electron chi connectivity index (χ0n) is 14.9. The standard InChI is InChI=1S/C20H22O5/c1-13(2)24-20(22)16-6-5-7-17(11-16)25-19(21)12-23-18-9-14(3)8-15(4)10-18/h5-11,13H,12H2,1-4H3. The Hall–Kier alpha value is -2.82. The number of benzene rings is 2. The highest BCUT2D eigenvalue weighted by Gasteiger charge is 2.12. The van der Waals surface area contributed by atoms with Crippen molar-refractivity contribution in [2.75, 3.05) is 6.61 Å². The van der Waals surface area contributed by atoms with Crippen LogP contribution >= 0.6 is 0 Å². The lowest BCUT2D eigenvalue weighted by molar-refractivity contribution is -0.136. The predicted molar refractivity (Wildman–Crippen MR) is 94.0 cm³/mol. The third kappa shape index (κ3) is 5.95. The second-order valence-electron chi connectivity index (χ2n) is 6.07. The lowest BCUT2D eigenvalue weighted by Crippen LogP contribution is -2.18. The van der Waals surface area contributed by atoms with E-state index in [0.717, 1.165) is 11.1 Å². The summed E-state index contributed by atoms with van der Waals surface area (Å²) in [6.07, 6.45) is -0.218. The van der Waals surface area contributed by atoms with Crippen LogP contribution in [0.1, 0.15) is 35.3 Å². The maximum atomic E-state index is 12.0. The minimum absolute atomic E-state index is 0.218. The molecule has 0 spiro atoms. The molecule has 0 N–H and O–H groups in total. The Labute approximate surface area is 147 Å². The molecule has 132 valence electrons. The maximum Gasteiger partial charge on any atom is 0.349 e. The van der Waals surface area contributed by atoms with E-state index in [9.17, 15) is 9.59 Å². The van der Waals surface area contributed by atoms with Crippen LogP contribution in [0.15, 0.2) is 42.5 Å². The fourth-order valence-electron chi connectivity index (χ4n) is 2.29. The fraction of sp³-hybridized carbons (Fsp3) is 0.300.